The molecular formula is C16H29N3O7. The first-order valence-corrected chi connectivity index (χ1v) is 8.10. The maximum absolute atomic E-state index is 12.2. The Morgan fingerprint density at radius 3 is 1.77 bits per heavy atom. The van der Waals surface area contributed by atoms with Crippen molar-refractivity contribution < 1.29 is 33.8 Å². The molecule has 0 heterocycles. The summed E-state index contributed by atoms with van der Waals surface area (Å²) >= 11 is 0. The van der Waals surface area contributed by atoms with Gasteiger partial charge in [-0.25, -0.2) is 9.59 Å². The van der Waals surface area contributed by atoms with Crippen LogP contribution < -0.4 is 16.0 Å². The Kier molecular flexibility index (Phi) is 8.36. The Morgan fingerprint density at radius 1 is 0.885 bits per heavy atom. The Labute approximate surface area is 153 Å². The molecular weight excluding hydrogens is 346 g/mol. The highest BCUT2D eigenvalue weighted by Crippen LogP contribution is 2.08. The molecule has 0 saturated carbocycles. The molecule has 4 N–H and O–H groups in total. The van der Waals surface area contributed by atoms with Crippen LogP contribution in [-0.4, -0.2) is 59.0 Å². The Balaban J connectivity index is 4.98. The van der Waals surface area contributed by atoms with Crippen LogP contribution in [0.4, 0.5) is 9.59 Å². The number of carboxylic acid groups (broad SMARTS) is 1. The zero-order valence-electron chi connectivity index (χ0n) is 16.3. The monoisotopic (exact) mass is 375 g/mol. The number of hydrogen-bond donors (Lipinski definition) is 4. The lowest BCUT2D eigenvalue weighted by molar-refractivity contribution is -0.141. The standard InChI is InChI=1S/C16H29N3O7/c1-9(12(21)22)18-11(20)10(19-14(24)26-16(5,6)7)8-17-13(23)25-15(2,3)4/h9-10H,8H2,1-7H3,(H,17,23)(H,18,20)(H,19,24)(H,21,22)/t9-,10-/m0/s1. The highest BCUT2D eigenvalue weighted by Gasteiger charge is 2.27. The number of carbonyl (C=O) groups is 4. The van der Waals surface area contributed by atoms with E-state index in [1.807, 2.05) is 0 Å². The predicted octanol–water partition coefficient (Wildman–Crippen LogP) is 0.994. The lowest BCUT2D eigenvalue weighted by Crippen LogP contribution is -2.56. The number of carbonyl (C=O) groups excluding carboxylic acids is 3. The van der Waals surface area contributed by atoms with Crippen LogP contribution in [-0.2, 0) is 19.1 Å². The molecule has 0 aliphatic rings. The molecule has 0 unspecified atom stereocenters. The minimum absolute atomic E-state index is 0.313. The fourth-order valence-electron chi connectivity index (χ4n) is 1.53. The number of carboxylic acids is 1. The van der Waals surface area contributed by atoms with Gasteiger partial charge in [0.1, 0.15) is 23.3 Å². The summed E-state index contributed by atoms with van der Waals surface area (Å²) in [6.07, 6.45) is -1.67. The molecule has 10 heteroatoms. The van der Waals surface area contributed by atoms with E-state index in [4.69, 9.17) is 14.6 Å². The van der Waals surface area contributed by atoms with Crippen LogP contribution in [0, 0.1) is 0 Å². The molecule has 10 nitrogen and oxygen atoms in total. The third kappa shape index (κ3) is 11.1. The fraction of sp³-hybridized carbons (Fsp3) is 0.750. The molecule has 0 aromatic heterocycles. The normalized spacial score (nSPS) is 13.8. The smallest absolute Gasteiger partial charge is 0.408 e. The van der Waals surface area contributed by atoms with Gasteiger partial charge in [-0.05, 0) is 48.5 Å². The molecule has 0 aliphatic heterocycles. The van der Waals surface area contributed by atoms with Gasteiger partial charge in [-0.3, -0.25) is 9.59 Å². The molecule has 0 bridgehead atoms. The molecule has 0 radical (unpaired) electrons. The van der Waals surface area contributed by atoms with E-state index in [1.54, 1.807) is 41.5 Å². The van der Waals surface area contributed by atoms with Crippen LogP contribution in [0.2, 0.25) is 0 Å². The molecule has 150 valence electrons. The van der Waals surface area contributed by atoms with Gasteiger partial charge in [0.15, 0.2) is 0 Å². The van der Waals surface area contributed by atoms with Gasteiger partial charge in [0, 0.05) is 0 Å². The Hall–Kier alpha value is -2.52. The van der Waals surface area contributed by atoms with Crippen LogP contribution >= 0.6 is 0 Å². The van der Waals surface area contributed by atoms with E-state index < -0.39 is 47.3 Å². The van der Waals surface area contributed by atoms with Crippen molar-refractivity contribution >= 4 is 24.1 Å². The lowest BCUT2D eigenvalue weighted by Gasteiger charge is -2.25. The number of alkyl carbamates (subject to hydrolysis) is 2. The molecule has 0 aromatic rings. The molecule has 0 saturated heterocycles. The van der Waals surface area contributed by atoms with Crippen LogP contribution in [0.15, 0.2) is 0 Å². The second kappa shape index (κ2) is 9.25. The highest BCUT2D eigenvalue weighted by atomic mass is 16.6. The summed E-state index contributed by atoms with van der Waals surface area (Å²) in [5, 5.41) is 15.7. The van der Waals surface area contributed by atoms with Crippen molar-refractivity contribution in [2.45, 2.75) is 71.8 Å². The van der Waals surface area contributed by atoms with E-state index in [0.29, 0.717) is 0 Å². The van der Waals surface area contributed by atoms with Crippen LogP contribution in [0.25, 0.3) is 0 Å². The highest BCUT2D eigenvalue weighted by molar-refractivity contribution is 5.89. The number of aliphatic carboxylic acids is 1. The van der Waals surface area contributed by atoms with Gasteiger partial charge >= 0.3 is 18.2 Å². The molecule has 3 amide bonds. The van der Waals surface area contributed by atoms with Crippen molar-refractivity contribution in [3.05, 3.63) is 0 Å². The number of nitrogens with one attached hydrogen (secondary N) is 3. The van der Waals surface area contributed by atoms with Gasteiger partial charge in [0.05, 0.1) is 6.54 Å². The second-order valence-electron chi connectivity index (χ2n) is 7.65. The minimum Gasteiger partial charge on any atom is -0.480 e. The molecule has 0 rings (SSSR count). The van der Waals surface area contributed by atoms with Gasteiger partial charge in [0.2, 0.25) is 5.91 Å². The lowest BCUT2D eigenvalue weighted by atomic mass is 10.2. The van der Waals surface area contributed by atoms with Crippen molar-refractivity contribution in [1.82, 2.24) is 16.0 Å². The number of ether oxygens (including phenoxy) is 2. The number of amides is 3. The molecule has 0 aliphatic carbocycles. The molecule has 0 aromatic carbocycles. The summed E-state index contributed by atoms with van der Waals surface area (Å²) < 4.78 is 10.1. The number of rotatable bonds is 6. The van der Waals surface area contributed by atoms with E-state index in [1.165, 1.54) is 6.92 Å². The van der Waals surface area contributed by atoms with Gasteiger partial charge in [-0.1, -0.05) is 0 Å². The average molecular weight is 375 g/mol. The summed E-state index contributed by atoms with van der Waals surface area (Å²) in [5.41, 5.74) is -1.53. The van der Waals surface area contributed by atoms with Crippen molar-refractivity contribution in [3.8, 4) is 0 Å². The van der Waals surface area contributed by atoms with E-state index in [2.05, 4.69) is 16.0 Å². The third-order valence-corrected chi connectivity index (χ3v) is 2.59. The fourth-order valence-corrected chi connectivity index (χ4v) is 1.53. The van der Waals surface area contributed by atoms with E-state index >= 15 is 0 Å². The largest absolute Gasteiger partial charge is 0.480 e. The molecule has 2 atom stereocenters. The van der Waals surface area contributed by atoms with Crippen molar-refractivity contribution in [2.24, 2.45) is 0 Å². The minimum atomic E-state index is -1.25. The Morgan fingerprint density at radius 2 is 1.35 bits per heavy atom. The zero-order valence-corrected chi connectivity index (χ0v) is 16.3. The third-order valence-electron chi connectivity index (χ3n) is 2.59. The molecule has 0 spiro atoms. The van der Waals surface area contributed by atoms with Crippen molar-refractivity contribution in [3.63, 3.8) is 0 Å². The van der Waals surface area contributed by atoms with E-state index in [-0.39, 0.29) is 6.54 Å². The van der Waals surface area contributed by atoms with Crippen LogP contribution in [0.5, 0.6) is 0 Å². The quantitative estimate of drug-likeness (QED) is 0.542. The van der Waals surface area contributed by atoms with Crippen LogP contribution in [0.3, 0.4) is 0 Å². The van der Waals surface area contributed by atoms with Gasteiger partial charge in [0.25, 0.3) is 0 Å². The predicted molar refractivity (Wildman–Crippen MR) is 92.6 cm³/mol. The summed E-state index contributed by atoms with van der Waals surface area (Å²) in [6, 6.07) is -2.42. The van der Waals surface area contributed by atoms with Crippen molar-refractivity contribution in [2.75, 3.05) is 6.54 Å². The van der Waals surface area contributed by atoms with Gasteiger partial charge < -0.3 is 30.5 Å². The second-order valence-corrected chi connectivity index (χ2v) is 7.65. The maximum atomic E-state index is 12.2. The summed E-state index contributed by atoms with van der Waals surface area (Å²) in [7, 11) is 0. The first kappa shape index (κ1) is 23.5. The zero-order chi connectivity index (χ0) is 20.7. The maximum Gasteiger partial charge on any atom is 0.408 e. The summed E-state index contributed by atoms with van der Waals surface area (Å²) in [4.78, 5) is 46.7. The summed E-state index contributed by atoms with van der Waals surface area (Å²) in [6.45, 7) is 10.9. The first-order valence-electron chi connectivity index (χ1n) is 8.10. The SMILES string of the molecule is C[C@H](NC(=O)[C@H](CNC(=O)OC(C)(C)C)NC(=O)OC(C)(C)C)C(=O)O. The van der Waals surface area contributed by atoms with Gasteiger partial charge in [-0.15, -0.1) is 0 Å². The topological polar surface area (TPSA) is 143 Å². The first-order chi connectivity index (χ1) is 11.6. The van der Waals surface area contributed by atoms with E-state index in [0.717, 1.165) is 0 Å². The average Bonchev–Trinajstić information content (AvgIpc) is 2.38. The van der Waals surface area contributed by atoms with Crippen LogP contribution in [0.1, 0.15) is 48.5 Å². The summed E-state index contributed by atoms with van der Waals surface area (Å²) in [5.74, 6) is -2.03. The van der Waals surface area contributed by atoms with E-state index in [9.17, 15) is 19.2 Å². The van der Waals surface area contributed by atoms with Crippen molar-refractivity contribution in [1.29, 1.82) is 0 Å². The molecule has 26 heavy (non-hydrogen) atoms. The number of hydrogen-bond acceptors (Lipinski definition) is 6. The molecule has 0 fully saturated rings. The Bertz CT molecular complexity index is 535. The van der Waals surface area contributed by atoms with Gasteiger partial charge in [-0.2, -0.15) is 0 Å².